The lowest BCUT2D eigenvalue weighted by atomic mass is 10.00. The van der Waals surface area contributed by atoms with Crippen LogP contribution < -0.4 is 0 Å². The van der Waals surface area contributed by atoms with Crippen LogP contribution in [0.3, 0.4) is 0 Å². The van der Waals surface area contributed by atoms with Crippen LogP contribution in [-0.4, -0.2) is 67.8 Å². The van der Waals surface area contributed by atoms with Crippen LogP contribution >= 0.6 is 0 Å². The molecule has 2 aliphatic rings. The number of carbonyl (C=O) groups is 1. The van der Waals surface area contributed by atoms with Crippen LogP contribution in [0.5, 0.6) is 5.88 Å². The molecule has 1 N–H and O–H groups in total. The maximum atomic E-state index is 14.4. The Labute approximate surface area is 190 Å². The Morgan fingerprint density at radius 1 is 1.18 bits per heavy atom. The number of benzene rings is 1. The zero-order valence-electron chi connectivity index (χ0n) is 18.2. The Balaban J connectivity index is 1.37. The zero-order valence-corrected chi connectivity index (χ0v) is 18.2. The van der Waals surface area contributed by atoms with Crippen molar-refractivity contribution in [1.82, 2.24) is 24.6 Å². The van der Waals surface area contributed by atoms with Crippen molar-refractivity contribution in [2.24, 2.45) is 0 Å². The van der Waals surface area contributed by atoms with E-state index in [9.17, 15) is 14.3 Å². The SMILES string of the molecule is Cc1c(-c2cnn(-c3ccc(C(=O)N4CCN5CCCC5C4)cn3)c2O)ccc(C#N)c1F. The van der Waals surface area contributed by atoms with Gasteiger partial charge in [0.05, 0.1) is 22.9 Å². The predicted octanol–water partition coefficient (Wildman–Crippen LogP) is 2.88. The number of nitriles is 1. The molecule has 3 aromatic rings. The van der Waals surface area contributed by atoms with Crippen LogP contribution in [0.4, 0.5) is 4.39 Å². The molecule has 2 fully saturated rings. The van der Waals surface area contributed by atoms with Crippen molar-refractivity contribution in [3.05, 3.63) is 59.2 Å². The van der Waals surface area contributed by atoms with Crippen LogP contribution in [0, 0.1) is 24.1 Å². The summed E-state index contributed by atoms with van der Waals surface area (Å²) in [6, 6.07) is 8.52. The number of hydrogen-bond acceptors (Lipinski definition) is 6. The monoisotopic (exact) mass is 446 g/mol. The van der Waals surface area contributed by atoms with Crippen LogP contribution in [0.2, 0.25) is 0 Å². The summed E-state index contributed by atoms with van der Waals surface area (Å²) in [7, 11) is 0. The normalized spacial score (nSPS) is 18.2. The third kappa shape index (κ3) is 3.62. The van der Waals surface area contributed by atoms with Gasteiger partial charge in [0.1, 0.15) is 11.9 Å². The fraction of sp³-hybridized carbons (Fsp3) is 0.333. The van der Waals surface area contributed by atoms with Gasteiger partial charge in [0.25, 0.3) is 5.91 Å². The first-order valence-corrected chi connectivity index (χ1v) is 10.9. The summed E-state index contributed by atoms with van der Waals surface area (Å²) in [6.07, 6.45) is 5.23. The van der Waals surface area contributed by atoms with Gasteiger partial charge in [-0.25, -0.2) is 9.37 Å². The van der Waals surface area contributed by atoms with Gasteiger partial charge in [0.2, 0.25) is 5.88 Å². The molecular weight excluding hydrogens is 423 g/mol. The number of aromatic nitrogens is 3. The quantitative estimate of drug-likeness (QED) is 0.664. The van der Waals surface area contributed by atoms with Crippen molar-refractivity contribution in [1.29, 1.82) is 5.26 Å². The van der Waals surface area contributed by atoms with E-state index >= 15 is 0 Å². The Bertz CT molecular complexity index is 1260. The first-order valence-electron chi connectivity index (χ1n) is 10.9. The summed E-state index contributed by atoms with van der Waals surface area (Å²) in [5.41, 5.74) is 1.45. The minimum Gasteiger partial charge on any atom is -0.493 e. The molecule has 0 spiro atoms. The number of aromatic hydroxyl groups is 1. The van der Waals surface area contributed by atoms with Gasteiger partial charge in [-0.2, -0.15) is 15.0 Å². The van der Waals surface area contributed by atoms with Crippen molar-refractivity contribution in [2.75, 3.05) is 26.2 Å². The molecule has 2 aliphatic heterocycles. The molecule has 0 bridgehead atoms. The molecule has 0 aliphatic carbocycles. The summed E-state index contributed by atoms with van der Waals surface area (Å²) in [5.74, 6) is -0.537. The third-order valence-corrected chi connectivity index (χ3v) is 6.63. The number of pyridine rings is 1. The molecule has 2 aromatic heterocycles. The molecule has 1 atom stereocenters. The molecular formula is C24H23FN6O2. The molecule has 1 aromatic carbocycles. The zero-order chi connectivity index (χ0) is 23.1. The first kappa shape index (κ1) is 21.1. The highest BCUT2D eigenvalue weighted by molar-refractivity contribution is 5.94. The van der Waals surface area contributed by atoms with E-state index in [1.54, 1.807) is 25.1 Å². The first-order chi connectivity index (χ1) is 16.0. The highest BCUT2D eigenvalue weighted by Crippen LogP contribution is 2.34. The third-order valence-electron chi connectivity index (χ3n) is 6.63. The number of nitrogens with zero attached hydrogens (tertiary/aromatic N) is 6. The highest BCUT2D eigenvalue weighted by atomic mass is 19.1. The minimum atomic E-state index is -0.624. The van der Waals surface area contributed by atoms with Crippen molar-refractivity contribution in [2.45, 2.75) is 25.8 Å². The average molecular weight is 446 g/mol. The number of halogens is 1. The smallest absolute Gasteiger partial charge is 0.255 e. The van der Waals surface area contributed by atoms with E-state index in [2.05, 4.69) is 15.0 Å². The Morgan fingerprint density at radius 2 is 2.03 bits per heavy atom. The van der Waals surface area contributed by atoms with E-state index in [1.165, 1.54) is 29.6 Å². The van der Waals surface area contributed by atoms with Crippen LogP contribution in [-0.2, 0) is 0 Å². The van der Waals surface area contributed by atoms with Crippen LogP contribution in [0.1, 0.15) is 34.3 Å². The van der Waals surface area contributed by atoms with Gasteiger partial charge in [-0.05, 0) is 55.6 Å². The lowest BCUT2D eigenvalue weighted by Gasteiger charge is -2.37. The summed E-state index contributed by atoms with van der Waals surface area (Å²) >= 11 is 0. The molecule has 0 radical (unpaired) electrons. The molecule has 168 valence electrons. The Kier molecular flexibility index (Phi) is 5.30. The molecule has 8 nitrogen and oxygen atoms in total. The fourth-order valence-electron chi connectivity index (χ4n) is 4.76. The standard InChI is InChI=1S/C24H23FN6O2/c1-15-19(6-4-16(11-26)22(15)25)20-13-28-31(24(20)33)21-7-5-17(12-27-21)23(32)30-10-9-29-8-2-3-18(29)14-30/h4-7,12-13,18,33H,2-3,8-10,14H2,1H3. The molecule has 5 rings (SSSR count). The van der Waals surface area contributed by atoms with Gasteiger partial charge in [-0.1, -0.05) is 6.07 Å². The number of hydrogen-bond donors (Lipinski definition) is 1. The molecule has 1 amide bonds. The summed E-state index contributed by atoms with van der Waals surface area (Å²) in [6.45, 7) is 5.02. The van der Waals surface area contributed by atoms with Gasteiger partial charge in [0.15, 0.2) is 5.82 Å². The van der Waals surface area contributed by atoms with Gasteiger partial charge >= 0.3 is 0 Å². The van der Waals surface area contributed by atoms with Crippen molar-refractivity contribution in [3.8, 4) is 28.9 Å². The van der Waals surface area contributed by atoms with Crippen molar-refractivity contribution in [3.63, 3.8) is 0 Å². The lowest BCUT2D eigenvalue weighted by molar-refractivity contribution is 0.0571. The molecule has 0 saturated carbocycles. The maximum absolute atomic E-state index is 14.4. The highest BCUT2D eigenvalue weighted by Gasteiger charge is 2.32. The van der Waals surface area contributed by atoms with Gasteiger partial charge < -0.3 is 10.0 Å². The van der Waals surface area contributed by atoms with Gasteiger partial charge in [-0.15, -0.1) is 0 Å². The molecule has 9 heteroatoms. The number of piperazine rings is 1. The number of fused-ring (bicyclic) bond motifs is 1. The fourth-order valence-corrected chi connectivity index (χ4v) is 4.76. The Hall–Kier alpha value is -3.77. The topological polar surface area (TPSA) is 98.3 Å². The van der Waals surface area contributed by atoms with Crippen LogP contribution in [0.25, 0.3) is 16.9 Å². The Morgan fingerprint density at radius 3 is 2.79 bits per heavy atom. The van der Waals surface area contributed by atoms with Crippen LogP contribution in [0.15, 0.2) is 36.7 Å². The average Bonchev–Trinajstić information content (AvgIpc) is 3.46. The molecule has 33 heavy (non-hydrogen) atoms. The number of amides is 1. The molecule has 4 heterocycles. The predicted molar refractivity (Wildman–Crippen MR) is 118 cm³/mol. The van der Waals surface area contributed by atoms with E-state index in [0.717, 1.165) is 26.1 Å². The molecule has 2 saturated heterocycles. The second-order valence-corrected chi connectivity index (χ2v) is 8.49. The number of carbonyl (C=O) groups excluding carboxylic acids is 1. The second-order valence-electron chi connectivity index (χ2n) is 8.49. The molecule has 1 unspecified atom stereocenters. The van der Waals surface area contributed by atoms with Gasteiger partial charge in [0, 0.05) is 31.9 Å². The second kappa shape index (κ2) is 8.30. The van der Waals surface area contributed by atoms with E-state index in [-0.39, 0.29) is 22.9 Å². The summed E-state index contributed by atoms with van der Waals surface area (Å²) in [5, 5.41) is 23.9. The van der Waals surface area contributed by atoms with E-state index in [4.69, 9.17) is 5.26 Å². The van der Waals surface area contributed by atoms with E-state index < -0.39 is 5.82 Å². The number of rotatable bonds is 3. The van der Waals surface area contributed by atoms with E-state index in [1.807, 2.05) is 11.0 Å². The lowest BCUT2D eigenvalue weighted by Crippen LogP contribution is -2.52. The van der Waals surface area contributed by atoms with Crippen molar-refractivity contribution >= 4 is 5.91 Å². The van der Waals surface area contributed by atoms with E-state index in [0.29, 0.717) is 35.1 Å². The summed E-state index contributed by atoms with van der Waals surface area (Å²) < 4.78 is 15.6. The van der Waals surface area contributed by atoms with Crippen molar-refractivity contribution < 1.29 is 14.3 Å². The minimum absolute atomic E-state index is 0.0466. The maximum Gasteiger partial charge on any atom is 0.255 e. The van der Waals surface area contributed by atoms with Gasteiger partial charge in [-0.3, -0.25) is 9.69 Å². The largest absolute Gasteiger partial charge is 0.493 e. The summed E-state index contributed by atoms with van der Waals surface area (Å²) in [4.78, 5) is 21.6.